The van der Waals surface area contributed by atoms with Crippen molar-refractivity contribution in [2.24, 2.45) is 5.92 Å². The van der Waals surface area contributed by atoms with E-state index in [1.165, 1.54) is 25.7 Å². The van der Waals surface area contributed by atoms with Gasteiger partial charge in [0.05, 0.1) is 12.7 Å². The SMILES string of the molecule is CO[P@]1OC[C@H]2CCCC[C@@H]2O1. The van der Waals surface area contributed by atoms with Crippen LogP contribution in [0.5, 0.6) is 0 Å². The molecule has 3 nitrogen and oxygen atoms in total. The summed E-state index contributed by atoms with van der Waals surface area (Å²) in [5.41, 5.74) is 0. The molecule has 0 aromatic rings. The molecular weight excluding hydrogens is 175 g/mol. The number of rotatable bonds is 1. The lowest BCUT2D eigenvalue weighted by molar-refractivity contribution is -0.00367. The van der Waals surface area contributed by atoms with E-state index in [0.717, 1.165) is 6.61 Å². The van der Waals surface area contributed by atoms with E-state index >= 15 is 0 Å². The van der Waals surface area contributed by atoms with Crippen LogP contribution >= 0.6 is 8.60 Å². The predicted octanol–water partition coefficient (Wildman–Crippen LogP) is 2.47. The average Bonchev–Trinajstić information content (AvgIpc) is 2.17. The third-order valence-electron chi connectivity index (χ3n) is 2.60. The van der Waals surface area contributed by atoms with Crippen LogP contribution in [0.1, 0.15) is 25.7 Å². The summed E-state index contributed by atoms with van der Waals surface area (Å²) >= 11 is 0. The maximum absolute atomic E-state index is 5.66. The van der Waals surface area contributed by atoms with Crippen LogP contribution in [-0.4, -0.2) is 19.8 Å². The van der Waals surface area contributed by atoms with Gasteiger partial charge in [-0.1, -0.05) is 12.8 Å². The van der Waals surface area contributed by atoms with Gasteiger partial charge in [-0.25, -0.2) is 0 Å². The molecule has 0 aromatic carbocycles. The molecule has 0 radical (unpaired) electrons. The van der Waals surface area contributed by atoms with Gasteiger partial charge in [0.1, 0.15) is 0 Å². The van der Waals surface area contributed by atoms with Crippen LogP contribution in [0.3, 0.4) is 0 Å². The lowest BCUT2D eigenvalue weighted by atomic mass is 9.87. The zero-order valence-corrected chi connectivity index (χ0v) is 8.26. The fourth-order valence-corrected chi connectivity index (χ4v) is 2.96. The van der Waals surface area contributed by atoms with Crippen molar-refractivity contribution in [3.63, 3.8) is 0 Å². The fourth-order valence-electron chi connectivity index (χ4n) is 1.90. The van der Waals surface area contributed by atoms with Crippen molar-refractivity contribution in [2.75, 3.05) is 13.7 Å². The summed E-state index contributed by atoms with van der Waals surface area (Å²) in [4.78, 5) is 0. The molecule has 70 valence electrons. The summed E-state index contributed by atoms with van der Waals surface area (Å²) in [6.07, 6.45) is 5.50. The standard InChI is InChI=1S/C8H15O3P/c1-9-12-10-6-7-4-2-3-5-8(7)11-12/h7-8H,2-6H2,1H3/t7-,8+,12-/m1/s1. The first-order chi connectivity index (χ1) is 5.90. The van der Waals surface area contributed by atoms with Crippen LogP contribution < -0.4 is 0 Å². The van der Waals surface area contributed by atoms with Crippen LogP contribution in [0.4, 0.5) is 0 Å². The number of hydrogen-bond donors (Lipinski definition) is 0. The highest BCUT2D eigenvalue weighted by atomic mass is 31.2. The van der Waals surface area contributed by atoms with Gasteiger partial charge in [-0.15, -0.1) is 0 Å². The van der Waals surface area contributed by atoms with Gasteiger partial charge in [-0.2, -0.15) is 0 Å². The van der Waals surface area contributed by atoms with Gasteiger partial charge in [0.2, 0.25) is 0 Å². The Labute approximate surface area is 74.4 Å². The zero-order valence-electron chi connectivity index (χ0n) is 7.36. The summed E-state index contributed by atoms with van der Waals surface area (Å²) in [5, 5.41) is 0. The van der Waals surface area contributed by atoms with Gasteiger partial charge in [0.15, 0.2) is 0 Å². The maximum atomic E-state index is 5.66. The molecule has 0 amide bonds. The van der Waals surface area contributed by atoms with Crippen molar-refractivity contribution in [1.29, 1.82) is 0 Å². The molecule has 2 aliphatic rings. The smallest absolute Gasteiger partial charge is 0.316 e. The monoisotopic (exact) mass is 190 g/mol. The summed E-state index contributed by atoms with van der Waals surface area (Å²) in [6, 6.07) is 0. The first kappa shape index (κ1) is 8.89. The van der Waals surface area contributed by atoms with E-state index < -0.39 is 8.60 Å². The first-order valence-corrected chi connectivity index (χ1v) is 5.63. The summed E-state index contributed by atoms with van der Waals surface area (Å²) in [6.45, 7) is 0.838. The van der Waals surface area contributed by atoms with Crippen LogP contribution in [-0.2, 0) is 13.6 Å². The molecule has 1 aliphatic carbocycles. The Morgan fingerprint density at radius 1 is 1.33 bits per heavy atom. The van der Waals surface area contributed by atoms with Gasteiger partial charge in [0, 0.05) is 13.0 Å². The molecular formula is C8H15O3P. The Kier molecular flexibility index (Phi) is 2.97. The Bertz CT molecular complexity index is 153. The molecule has 0 N–H and O–H groups in total. The molecule has 0 bridgehead atoms. The first-order valence-electron chi connectivity index (χ1n) is 4.54. The molecule has 0 unspecified atom stereocenters. The van der Waals surface area contributed by atoms with Crippen molar-refractivity contribution >= 4 is 8.60 Å². The molecule has 1 heterocycles. The molecule has 1 saturated heterocycles. The van der Waals surface area contributed by atoms with Crippen LogP contribution in [0.15, 0.2) is 0 Å². The molecule has 0 spiro atoms. The van der Waals surface area contributed by atoms with E-state index in [2.05, 4.69) is 0 Å². The van der Waals surface area contributed by atoms with Crippen molar-refractivity contribution in [3.8, 4) is 0 Å². The molecule has 12 heavy (non-hydrogen) atoms. The minimum absolute atomic E-state index is 0.415. The summed E-state index contributed by atoms with van der Waals surface area (Å²) in [7, 11) is 0.635. The van der Waals surface area contributed by atoms with E-state index in [9.17, 15) is 0 Å². The normalized spacial score (nSPS) is 42.2. The van der Waals surface area contributed by atoms with Crippen molar-refractivity contribution < 1.29 is 13.6 Å². The third kappa shape index (κ3) is 1.80. The average molecular weight is 190 g/mol. The zero-order chi connectivity index (χ0) is 8.39. The minimum Gasteiger partial charge on any atom is -0.316 e. The molecule has 4 heteroatoms. The minimum atomic E-state index is -1.01. The van der Waals surface area contributed by atoms with Gasteiger partial charge < -0.3 is 13.6 Å². The maximum Gasteiger partial charge on any atom is 0.332 e. The quantitative estimate of drug-likeness (QED) is 0.594. The van der Waals surface area contributed by atoms with Gasteiger partial charge in [0.25, 0.3) is 0 Å². The molecule has 3 atom stereocenters. The third-order valence-corrected chi connectivity index (χ3v) is 3.70. The lowest BCUT2D eigenvalue weighted by Gasteiger charge is -2.37. The highest BCUT2D eigenvalue weighted by Gasteiger charge is 2.34. The highest BCUT2D eigenvalue weighted by Crippen LogP contribution is 2.48. The Morgan fingerprint density at radius 3 is 3.00 bits per heavy atom. The largest absolute Gasteiger partial charge is 0.332 e. The van der Waals surface area contributed by atoms with E-state index in [1.807, 2.05) is 0 Å². The highest BCUT2D eigenvalue weighted by molar-refractivity contribution is 7.41. The van der Waals surface area contributed by atoms with E-state index in [-0.39, 0.29) is 0 Å². The molecule has 1 aliphatic heterocycles. The van der Waals surface area contributed by atoms with E-state index in [4.69, 9.17) is 13.6 Å². The second-order valence-corrected chi connectivity index (χ2v) is 4.67. The van der Waals surface area contributed by atoms with E-state index in [0.29, 0.717) is 12.0 Å². The van der Waals surface area contributed by atoms with E-state index in [1.54, 1.807) is 7.11 Å². The Morgan fingerprint density at radius 2 is 2.17 bits per heavy atom. The second kappa shape index (κ2) is 4.01. The lowest BCUT2D eigenvalue weighted by Crippen LogP contribution is -2.33. The van der Waals surface area contributed by atoms with Crippen molar-refractivity contribution in [2.45, 2.75) is 31.8 Å². The van der Waals surface area contributed by atoms with Crippen molar-refractivity contribution in [1.82, 2.24) is 0 Å². The predicted molar refractivity (Wildman–Crippen MR) is 46.7 cm³/mol. The van der Waals surface area contributed by atoms with Crippen LogP contribution in [0.2, 0.25) is 0 Å². The molecule has 2 rings (SSSR count). The van der Waals surface area contributed by atoms with Gasteiger partial charge in [-0.05, 0) is 12.8 Å². The van der Waals surface area contributed by atoms with Gasteiger partial charge >= 0.3 is 8.60 Å². The second-order valence-electron chi connectivity index (χ2n) is 3.39. The van der Waals surface area contributed by atoms with Crippen LogP contribution in [0, 0.1) is 5.92 Å². The molecule has 1 saturated carbocycles. The topological polar surface area (TPSA) is 27.7 Å². The number of hydrogen-bond acceptors (Lipinski definition) is 3. The van der Waals surface area contributed by atoms with Crippen LogP contribution in [0.25, 0.3) is 0 Å². The van der Waals surface area contributed by atoms with Gasteiger partial charge in [-0.3, -0.25) is 0 Å². The number of fused-ring (bicyclic) bond motifs is 1. The summed E-state index contributed by atoms with van der Waals surface area (Å²) in [5.74, 6) is 0.632. The molecule has 0 aromatic heterocycles. The molecule has 2 fully saturated rings. The van der Waals surface area contributed by atoms with Crippen molar-refractivity contribution in [3.05, 3.63) is 0 Å². The Balaban J connectivity index is 1.90. The Hall–Kier alpha value is 0.310. The fraction of sp³-hybridized carbons (Fsp3) is 1.00. The summed E-state index contributed by atoms with van der Waals surface area (Å²) < 4.78 is 16.1.